The number of thioether (sulfide) groups is 1. The van der Waals surface area contributed by atoms with Gasteiger partial charge in [0, 0.05) is 5.25 Å². The summed E-state index contributed by atoms with van der Waals surface area (Å²) in [4.78, 5) is 0. The Bertz CT molecular complexity index is 194. The molecule has 0 aromatic rings. The molecule has 1 aliphatic carbocycles. The summed E-state index contributed by atoms with van der Waals surface area (Å²) in [5, 5.41) is 0.755. The zero-order valence-corrected chi connectivity index (χ0v) is 10.8. The van der Waals surface area contributed by atoms with Gasteiger partial charge in [-0.25, -0.2) is 0 Å². The van der Waals surface area contributed by atoms with Crippen LogP contribution in [0, 0.1) is 0 Å². The Kier molecular flexibility index (Phi) is 7.81. The molecule has 0 amide bonds. The van der Waals surface area contributed by atoms with E-state index in [1.54, 1.807) is 0 Å². The Morgan fingerprint density at radius 2 is 1.87 bits per heavy atom. The van der Waals surface area contributed by atoms with Gasteiger partial charge in [0.1, 0.15) is 0 Å². The van der Waals surface area contributed by atoms with E-state index in [1.807, 2.05) is 0 Å². The van der Waals surface area contributed by atoms with Crippen molar-refractivity contribution in [3.05, 3.63) is 24.3 Å². The zero-order valence-electron chi connectivity index (χ0n) is 9.95. The topological polar surface area (TPSA) is 0 Å². The average Bonchev–Trinajstić information content (AvgIpc) is 2.29. The van der Waals surface area contributed by atoms with E-state index in [4.69, 9.17) is 0 Å². The van der Waals surface area contributed by atoms with Crippen LogP contribution >= 0.6 is 11.8 Å². The highest BCUT2D eigenvalue weighted by molar-refractivity contribution is 8.00. The molecule has 0 spiro atoms. The molecule has 0 N–H and O–H groups in total. The predicted octanol–water partition coefficient (Wildman–Crippen LogP) is 4.96. The van der Waals surface area contributed by atoms with Crippen LogP contribution in [0.2, 0.25) is 0 Å². The van der Waals surface area contributed by atoms with Crippen molar-refractivity contribution in [1.82, 2.24) is 0 Å². The van der Waals surface area contributed by atoms with Crippen molar-refractivity contribution >= 4 is 11.8 Å². The molecule has 0 radical (unpaired) electrons. The van der Waals surface area contributed by atoms with Crippen LogP contribution in [0.3, 0.4) is 0 Å². The predicted molar refractivity (Wildman–Crippen MR) is 72.5 cm³/mol. The van der Waals surface area contributed by atoms with Gasteiger partial charge in [-0.15, -0.1) is 0 Å². The van der Waals surface area contributed by atoms with Crippen molar-refractivity contribution in [2.24, 2.45) is 0 Å². The van der Waals surface area contributed by atoms with Gasteiger partial charge >= 0.3 is 0 Å². The molecule has 1 aliphatic rings. The van der Waals surface area contributed by atoms with Gasteiger partial charge in [0.25, 0.3) is 0 Å². The summed E-state index contributed by atoms with van der Waals surface area (Å²) in [6.45, 7) is 2.28. The Morgan fingerprint density at radius 3 is 2.60 bits per heavy atom. The van der Waals surface area contributed by atoms with Crippen molar-refractivity contribution in [2.75, 3.05) is 5.75 Å². The highest BCUT2D eigenvalue weighted by Gasteiger charge is 2.04. The number of allylic oxidation sites excluding steroid dienone is 3. The van der Waals surface area contributed by atoms with Gasteiger partial charge in [-0.05, 0) is 18.6 Å². The van der Waals surface area contributed by atoms with E-state index in [9.17, 15) is 0 Å². The second-order valence-corrected chi connectivity index (χ2v) is 5.57. The van der Waals surface area contributed by atoms with Crippen LogP contribution in [0.25, 0.3) is 0 Å². The molecule has 1 rings (SSSR count). The van der Waals surface area contributed by atoms with Crippen molar-refractivity contribution in [3.63, 3.8) is 0 Å². The SMILES string of the molecule is CCCCCCCCSC1C=CC=CC1. The van der Waals surface area contributed by atoms with Crippen LogP contribution < -0.4 is 0 Å². The van der Waals surface area contributed by atoms with E-state index in [-0.39, 0.29) is 0 Å². The van der Waals surface area contributed by atoms with Crippen LogP contribution in [0.1, 0.15) is 51.9 Å². The maximum absolute atomic E-state index is 2.34. The smallest absolute Gasteiger partial charge is 0.0264 e. The largest absolute Gasteiger partial charge is 0.154 e. The molecule has 0 aliphatic heterocycles. The number of rotatable bonds is 8. The Labute approximate surface area is 99.2 Å². The fourth-order valence-electron chi connectivity index (χ4n) is 1.80. The lowest BCUT2D eigenvalue weighted by atomic mass is 10.1. The first-order chi connectivity index (χ1) is 7.43. The number of hydrogen-bond donors (Lipinski definition) is 0. The molecule has 0 heterocycles. The summed E-state index contributed by atoms with van der Waals surface area (Å²) in [5.41, 5.74) is 0. The monoisotopic (exact) mass is 224 g/mol. The van der Waals surface area contributed by atoms with E-state index in [0.717, 1.165) is 5.25 Å². The third-order valence-electron chi connectivity index (χ3n) is 2.77. The van der Waals surface area contributed by atoms with Crippen molar-refractivity contribution in [2.45, 2.75) is 57.1 Å². The molecule has 1 unspecified atom stereocenters. The molecule has 0 nitrogen and oxygen atoms in total. The Hall–Kier alpha value is -0.170. The van der Waals surface area contributed by atoms with Gasteiger partial charge in [0.2, 0.25) is 0 Å². The maximum atomic E-state index is 2.34. The van der Waals surface area contributed by atoms with Gasteiger partial charge in [-0.3, -0.25) is 0 Å². The molecule has 0 saturated heterocycles. The molecule has 0 fully saturated rings. The summed E-state index contributed by atoms with van der Waals surface area (Å²) >= 11 is 2.12. The van der Waals surface area contributed by atoms with Crippen LogP contribution in [0.4, 0.5) is 0 Å². The molecule has 0 saturated carbocycles. The van der Waals surface area contributed by atoms with E-state index in [0.29, 0.717) is 0 Å². The average molecular weight is 224 g/mol. The van der Waals surface area contributed by atoms with Crippen molar-refractivity contribution < 1.29 is 0 Å². The lowest BCUT2D eigenvalue weighted by Crippen LogP contribution is -2.00. The summed E-state index contributed by atoms with van der Waals surface area (Å²) in [5.74, 6) is 1.34. The molecule has 0 bridgehead atoms. The second-order valence-electron chi connectivity index (χ2n) is 4.23. The zero-order chi connectivity index (χ0) is 10.8. The van der Waals surface area contributed by atoms with Crippen molar-refractivity contribution in [3.8, 4) is 0 Å². The van der Waals surface area contributed by atoms with E-state index >= 15 is 0 Å². The van der Waals surface area contributed by atoms with Gasteiger partial charge < -0.3 is 0 Å². The van der Waals surface area contributed by atoms with Crippen LogP contribution in [-0.4, -0.2) is 11.0 Å². The van der Waals surface area contributed by atoms with Crippen LogP contribution in [-0.2, 0) is 0 Å². The van der Waals surface area contributed by atoms with Gasteiger partial charge in [-0.2, -0.15) is 11.8 Å². The first-order valence-corrected chi connectivity index (χ1v) is 7.43. The minimum absolute atomic E-state index is 0.755. The highest BCUT2D eigenvalue weighted by atomic mass is 32.2. The lowest BCUT2D eigenvalue weighted by Gasteiger charge is -2.11. The molecular weight excluding hydrogens is 200 g/mol. The van der Waals surface area contributed by atoms with Gasteiger partial charge in [0.05, 0.1) is 0 Å². The van der Waals surface area contributed by atoms with Crippen LogP contribution in [0.15, 0.2) is 24.3 Å². The minimum Gasteiger partial charge on any atom is -0.154 e. The number of hydrogen-bond acceptors (Lipinski definition) is 1. The van der Waals surface area contributed by atoms with E-state index < -0.39 is 0 Å². The fraction of sp³-hybridized carbons (Fsp3) is 0.714. The highest BCUT2D eigenvalue weighted by Crippen LogP contribution is 2.21. The molecule has 0 aromatic heterocycles. The quantitative estimate of drug-likeness (QED) is 0.525. The van der Waals surface area contributed by atoms with Crippen LogP contribution in [0.5, 0.6) is 0 Å². The first-order valence-electron chi connectivity index (χ1n) is 6.38. The third-order valence-corrected chi connectivity index (χ3v) is 4.07. The molecule has 1 heteroatoms. The molecule has 1 atom stereocenters. The molecule has 0 aromatic carbocycles. The summed E-state index contributed by atoms with van der Waals surface area (Å²) in [6.07, 6.45) is 18.7. The van der Waals surface area contributed by atoms with E-state index in [2.05, 4.69) is 43.0 Å². The lowest BCUT2D eigenvalue weighted by molar-refractivity contribution is 0.627. The van der Waals surface area contributed by atoms with Crippen molar-refractivity contribution in [1.29, 1.82) is 0 Å². The summed E-state index contributed by atoms with van der Waals surface area (Å²) < 4.78 is 0. The van der Waals surface area contributed by atoms with E-state index in [1.165, 1.54) is 50.7 Å². The molecular formula is C14H24S. The Balaban J connectivity index is 1.84. The third kappa shape index (κ3) is 6.83. The van der Waals surface area contributed by atoms with Gasteiger partial charge in [-0.1, -0.05) is 63.3 Å². The standard InChI is InChI=1S/C14H24S/c1-2-3-4-5-6-10-13-15-14-11-8-7-9-12-14/h7-9,11,14H,2-6,10,12-13H2,1H3. The normalized spacial score (nSPS) is 19.7. The number of unbranched alkanes of at least 4 members (excludes halogenated alkanes) is 5. The maximum Gasteiger partial charge on any atom is 0.0264 e. The fourth-order valence-corrected chi connectivity index (χ4v) is 2.92. The summed E-state index contributed by atoms with van der Waals surface area (Å²) in [7, 11) is 0. The minimum atomic E-state index is 0.755. The molecule has 15 heavy (non-hydrogen) atoms. The first kappa shape index (κ1) is 12.9. The molecule has 86 valence electrons. The van der Waals surface area contributed by atoms with Gasteiger partial charge in [0.15, 0.2) is 0 Å². The Morgan fingerprint density at radius 1 is 1.07 bits per heavy atom. The second kappa shape index (κ2) is 9.08. The summed E-state index contributed by atoms with van der Waals surface area (Å²) in [6, 6.07) is 0.